The van der Waals surface area contributed by atoms with E-state index in [2.05, 4.69) is 5.10 Å². The number of hydrogen-bond donors (Lipinski definition) is 1. The largest absolute Gasteiger partial charge is 0.325 e. The molecule has 72 valence electrons. The van der Waals surface area contributed by atoms with Gasteiger partial charge >= 0.3 is 0 Å². The van der Waals surface area contributed by atoms with Crippen LogP contribution in [0.1, 0.15) is 5.69 Å². The van der Waals surface area contributed by atoms with Crippen LogP contribution in [-0.2, 0) is 6.54 Å². The average Bonchev–Trinajstić information content (AvgIpc) is 2.50. The molecule has 0 bridgehead atoms. The molecule has 2 aromatic rings. The molecule has 0 radical (unpaired) electrons. The number of fused-ring (bicyclic) bond motifs is 1. The van der Waals surface area contributed by atoms with Gasteiger partial charge in [0.1, 0.15) is 0 Å². The molecule has 0 aliphatic heterocycles. The van der Waals surface area contributed by atoms with Crippen LogP contribution in [0.2, 0.25) is 0 Å². The molecule has 0 aliphatic carbocycles. The molecule has 2 aromatic heterocycles. The lowest BCUT2D eigenvalue weighted by molar-refractivity contribution is 0.850. The van der Waals surface area contributed by atoms with Crippen LogP contribution in [-0.4, -0.2) is 9.61 Å². The van der Waals surface area contributed by atoms with E-state index in [1.54, 1.807) is 6.20 Å². The van der Waals surface area contributed by atoms with E-state index in [1.807, 2.05) is 28.8 Å². The standard InChI is InChI=1S/C8H9N3.2ClH/c9-6-8-3-1-2-7-4-5-10-11(7)8;;/h1-5H,6,9H2;2*1H. The van der Waals surface area contributed by atoms with Crippen molar-refractivity contribution in [1.29, 1.82) is 0 Å². The third-order valence-electron chi connectivity index (χ3n) is 1.71. The second-order valence-corrected chi connectivity index (χ2v) is 2.39. The number of halogens is 2. The van der Waals surface area contributed by atoms with E-state index in [0.29, 0.717) is 6.54 Å². The molecule has 0 atom stereocenters. The highest BCUT2D eigenvalue weighted by molar-refractivity contribution is 5.85. The smallest absolute Gasteiger partial charge is 0.0665 e. The van der Waals surface area contributed by atoms with Gasteiger partial charge in [-0.05, 0) is 18.2 Å². The summed E-state index contributed by atoms with van der Waals surface area (Å²) < 4.78 is 1.85. The van der Waals surface area contributed by atoms with Crippen LogP contribution in [0.3, 0.4) is 0 Å². The molecule has 0 aromatic carbocycles. The molecule has 0 saturated carbocycles. The SMILES string of the molecule is Cl.Cl.NCc1cccc2ccnn12. The van der Waals surface area contributed by atoms with Gasteiger partial charge in [0.05, 0.1) is 11.2 Å². The molecule has 3 nitrogen and oxygen atoms in total. The lowest BCUT2D eigenvalue weighted by Crippen LogP contribution is -2.03. The van der Waals surface area contributed by atoms with Crippen LogP contribution < -0.4 is 5.73 Å². The second-order valence-electron chi connectivity index (χ2n) is 2.39. The molecule has 0 saturated heterocycles. The lowest BCUT2D eigenvalue weighted by atomic mass is 10.3. The van der Waals surface area contributed by atoms with Crippen molar-refractivity contribution in [3.63, 3.8) is 0 Å². The summed E-state index contributed by atoms with van der Waals surface area (Å²) >= 11 is 0. The van der Waals surface area contributed by atoms with Crippen molar-refractivity contribution in [2.24, 2.45) is 5.73 Å². The number of rotatable bonds is 1. The Morgan fingerprint density at radius 3 is 2.69 bits per heavy atom. The Hall–Kier alpha value is -0.770. The van der Waals surface area contributed by atoms with Gasteiger partial charge in [0.25, 0.3) is 0 Å². The first kappa shape index (κ1) is 12.2. The Bertz CT molecular complexity index is 372. The molecule has 0 aliphatic rings. The van der Waals surface area contributed by atoms with Gasteiger partial charge in [-0.3, -0.25) is 0 Å². The number of pyridine rings is 1. The van der Waals surface area contributed by atoms with Crippen LogP contribution in [0.5, 0.6) is 0 Å². The molecule has 5 heteroatoms. The number of nitrogens with zero attached hydrogens (tertiary/aromatic N) is 2. The van der Waals surface area contributed by atoms with E-state index >= 15 is 0 Å². The Kier molecular flexibility index (Phi) is 4.77. The second kappa shape index (κ2) is 5.07. The van der Waals surface area contributed by atoms with E-state index < -0.39 is 0 Å². The third-order valence-corrected chi connectivity index (χ3v) is 1.71. The Morgan fingerprint density at radius 1 is 1.23 bits per heavy atom. The van der Waals surface area contributed by atoms with Gasteiger partial charge in [-0.25, -0.2) is 4.52 Å². The maximum Gasteiger partial charge on any atom is 0.0665 e. The molecule has 13 heavy (non-hydrogen) atoms. The highest BCUT2D eigenvalue weighted by Crippen LogP contribution is 2.04. The van der Waals surface area contributed by atoms with Crippen molar-refractivity contribution in [2.45, 2.75) is 6.54 Å². The topological polar surface area (TPSA) is 43.3 Å². The van der Waals surface area contributed by atoms with Crippen molar-refractivity contribution in [2.75, 3.05) is 0 Å². The third kappa shape index (κ3) is 2.12. The molecule has 2 N–H and O–H groups in total. The minimum atomic E-state index is 0. The first-order chi connectivity index (χ1) is 5.42. The summed E-state index contributed by atoms with van der Waals surface area (Å²) in [5.74, 6) is 0. The summed E-state index contributed by atoms with van der Waals surface area (Å²) in [5, 5.41) is 4.13. The maximum atomic E-state index is 5.51. The molecule has 0 amide bonds. The van der Waals surface area contributed by atoms with Crippen LogP contribution in [0.15, 0.2) is 30.5 Å². The monoisotopic (exact) mass is 219 g/mol. The van der Waals surface area contributed by atoms with Gasteiger partial charge in [-0.1, -0.05) is 6.07 Å². The van der Waals surface area contributed by atoms with Crippen molar-refractivity contribution in [3.05, 3.63) is 36.2 Å². The summed E-state index contributed by atoms with van der Waals surface area (Å²) in [6.07, 6.45) is 1.77. The predicted octanol–water partition coefficient (Wildman–Crippen LogP) is 1.64. The quantitative estimate of drug-likeness (QED) is 0.793. The lowest BCUT2D eigenvalue weighted by Gasteiger charge is -1.99. The first-order valence-corrected chi connectivity index (χ1v) is 3.53. The summed E-state index contributed by atoms with van der Waals surface area (Å²) in [4.78, 5) is 0. The minimum Gasteiger partial charge on any atom is -0.325 e. The zero-order valence-corrected chi connectivity index (χ0v) is 8.52. The molecular weight excluding hydrogens is 209 g/mol. The van der Waals surface area contributed by atoms with Gasteiger partial charge in [0, 0.05) is 12.7 Å². The zero-order valence-electron chi connectivity index (χ0n) is 6.88. The Balaban J connectivity index is 0.000000720. The van der Waals surface area contributed by atoms with E-state index in [9.17, 15) is 0 Å². The van der Waals surface area contributed by atoms with E-state index in [4.69, 9.17) is 5.73 Å². The molecule has 0 spiro atoms. The fourth-order valence-electron chi connectivity index (χ4n) is 1.16. The van der Waals surface area contributed by atoms with Gasteiger partial charge in [-0.2, -0.15) is 5.10 Å². The number of hydrogen-bond acceptors (Lipinski definition) is 2. The summed E-state index contributed by atoms with van der Waals surface area (Å²) in [6, 6.07) is 7.92. The first-order valence-electron chi connectivity index (χ1n) is 3.53. The molecule has 2 rings (SSSR count). The van der Waals surface area contributed by atoms with Gasteiger partial charge in [-0.15, -0.1) is 24.8 Å². The van der Waals surface area contributed by atoms with E-state index in [-0.39, 0.29) is 24.8 Å². The minimum absolute atomic E-state index is 0. The van der Waals surface area contributed by atoms with Crippen molar-refractivity contribution < 1.29 is 0 Å². The van der Waals surface area contributed by atoms with Crippen molar-refractivity contribution >= 4 is 30.3 Å². The summed E-state index contributed by atoms with van der Waals surface area (Å²) in [7, 11) is 0. The Morgan fingerprint density at radius 2 is 2.00 bits per heavy atom. The zero-order chi connectivity index (χ0) is 7.68. The van der Waals surface area contributed by atoms with Crippen LogP contribution >= 0.6 is 24.8 Å². The number of aromatic nitrogens is 2. The van der Waals surface area contributed by atoms with E-state index in [0.717, 1.165) is 11.2 Å². The van der Waals surface area contributed by atoms with Gasteiger partial charge < -0.3 is 5.73 Å². The van der Waals surface area contributed by atoms with Crippen LogP contribution in [0.4, 0.5) is 0 Å². The van der Waals surface area contributed by atoms with Gasteiger partial charge in [0.15, 0.2) is 0 Å². The van der Waals surface area contributed by atoms with Crippen LogP contribution in [0, 0.1) is 0 Å². The molecule has 0 fully saturated rings. The highest BCUT2D eigenvalue weighted by atomic mass is 35.5. The van der Waals surface area contributed by atoms with Crippen LogP contribution in [0.25, 0.3) is 5.52 Å². The van der Waals surface area contributed by atoms with E-state index in [1.165, 1.54) is 0 Å². The predicted molar refractivity (Wildman–Crippen MR) is 57.6 cm³/mol. The maximum absolute atomic E-state index is 5.51. The normalized spacial score (nSPS) is 9.00. The van der Waals surface area contributed by atoms with Gasteiger partial charge in [0.2, 0.25) is 0 Å². The molecular formula is C8H11Cl2N3. The fraction of sp³-hybridized carbons (Fsp3) is 0.125. The summed E-state index contributed by atoms with van der Waals surface area (Å²) in [5.41, 5.74) is 7.64. The highest BCUT2D eigenvalue weighted by Gasteiger charge is 1.96. The Labute approximate surface area is 88.7 Å². The molecule has 0 unspecified atom stereocenters. The fourth-order valence-corrected chi connectivity index (χ4v) is 1.16. The average molecular weight is 220 g/mol. The number of nitrogens with two attached hydrogens (primary N) is 1. The van der Waals surface area contributed by atoms with Crippen molar-refractivity contribution in [1.82, 2.24) is 9.61 Å². The summed E-state index contributed by atoms with van der Waals surface area (Å²) in [6.45, 7) is 0.527. The van der Waals surface area contributed by atoms with Crippen molar-refractivity contribution in [3.8, 4) is 0 Å². The molecule has 2 heterocycles.